The van der Waals surface area contributed by atoms with E-state index in [1.165, 1.54) is 18.2 Å². The fourth-order valence-corrected chi connectivity index (χ4v) is 1.94. The number of hydrogen-bond acceptors (Lipinski definition) is 5. The summed E-state index contributed by atoms with van der Waals surface area (Å²) in [5.41, 5.74) is -1.05. The Morgan fingerprint density at radius 1 is 1.43 bits per heavy atom. The number of aromatic nitrogens is 1. The van der Waals surface area contributed by atoms with Crippen LogP contribution in [0, 0.1) is 15.9 Å². The number of nitrogens with zero attached hydrogens (tertiary/aromatic N) is 2. The van der Waals surface area contributed by atoms with E-state index in [2.05, 4.69) is 20.9 Å². The maximum atomic E-state index is 13.9. The van der Waals surface area contributed by atoms with Crippen LogP contribution in [0.4, 0.5) is 10.1 Å². The number of aromatic carboxylic acids is 1. The molecule has 1 N–H and O–H groups in total. The molecular weight excluding hydrogens is 351 g/mol. The molecule has 0 saturated heterocycles. The first-order valence-corrected chi connectivity index (χ1v) is 6.19. The molecule has 7 nitrogen and oxygen atoms in total. The van der Waals surface area contributed by atoms with Gasteiger partial charge in [-0.2, -0.15) is 0 Å². The van der Waals surface area contributed by atoms with E-state index in [4.69, 9.17) is 9.84 Å². The van der Waals surface area contributed by atoms with Crippen LogP contribution in [0.3, 0.4) is 0 Å². The molecule has 0 unspecified atom stereocenters. The largest absolute Gasteiger partial charge is 0.478 e. The number of nitro groups is 1. The number of carboxylic acids is 1. The predicted octanol–water partition coefficient (Wildman–Crippen LogP) is 3.38. The maximum Gasteiger partial charge on any atom is 0.338 e. The number of nitro benzene ring substituents is 1. The molecule has 0 saturated carbocycles. The number of benzene rings is 1. The quantitative estimate of drug-likeness (QED) is 0.665. The molecule has 0 bridgehead atoms. The molecule has 21 heavy (non-hydrogen) atoms. The number of halogens is 2. The zero-order valence-corrected chi connectivity index (χ0v) is 11.7. The predicted molar refractivity (Wildman–Crippen MR) is 72.0 cm³/mol. The van der Waals surface area contributed by atoms with Crippen LogP contribution in [-0.4, -0.2) is 21.0 Å². The zero-order valence-electron chi connectivity index (χ0n) is 10.1. The number of carbonyl (C=O) groups is 1. The average molecular weight is 357 g/mol. The third kappa shape index (κ3) is 2.97. The summed E-state index contributed by atoms with van der Waals surface area (Å²) in [4.78, 5) is 24.6. The van der Waals surface area contributed by atoms with Gasteiger partial charge in [-0.05, 0) is 28.1 Å². The van der Waals surface area contributed by atoms with Crippen molar-refractivity contribution in [3.8, 4) is 11.6 Å². The molecule has 0 amide bonds. The van der Waals surface area contributed by atoms with Gasteiger partial charge in [0, 0.05) is 12.3 Å². The lowest BCUT2D eigenvalue weighted by atomic mass is 10.2. The minimum Gasteiger partial charge on any atom is -0.478 e. The molecule has 108 valence electrons. The molecule has 0 fully saturated rings. The van der Waals surface area contributed by atoms with Gasteiger partial charge >= 0.3 is 11.7 Å². The Morgan fingerprint density at radius 2 is 2.14 bits per heavy atom. The van der Waals surface area contributed by atoms with Gasteiger partial charge in [0.25, 0.3) is 5.88 Å². The summed E-state index contributed by atoms with van der Waals surface area (Å²) in [5.74, 6) is -3.64. The summed E-state index contributed by atoms with van der Waals surface area (Å²) in [7, 11) is 0. The van der Waals surface area contributed by atoms with Crippen LogP contribution in [0.5, 0.6) is 11.6 Å². The zero-order chi connectivity index (χ0) is 15.6. The molecule has 9 heteroatoms. The molecular formula is C12H6BrFN2O5. The number of rotatable bonds is 4. The van der Waals surface area contributed by atoms with Gasteiger partial charge in [-0.1, -0.05) is 6.07 Å². The standard InChI is InChI=1S/C12H6BrFN2O5/c13-7-2-1-3-8(16(19)20)10(7)21-11-9(14)6(12(17)18)4-5-15-11/h1-5H,(H,17,18). The van der Waals surface area contributed by atoms with E-state index in [1.54, 1.807) is 0 Å². The van der Waals surface area contributed by atoms with Crippen LogP contribution in [0.1, 0.15) is 10.4 Å². The van der Waals surface area contributed by atoms with Crippen LogP contribution < -0.4 is 4.74 Å². The summed E-state index contributed by atoms with van der Waals surface area (Å²) < 4.78 is 19.2. The molecule has 2 rings (SSSR count). The first-order valence-electron chi connectivity index (χ1n) is 5.40. The van der Waals surface area contributed by atoms with Gasteiger partial charge < -0.3 is 9.84 Å². The van der Waals surface area contributed by atoms with Gasteiger partial charge in [0.2, 0.25) is 5.75 Å². The van der Waals surface area contributed by atoms with Crippen LogP contribution in [0.2, 0.25) is 0 Å². The highest BCUT2D eigenvalue weighted by Crippen LogP contribution is 2.38. The Labute approximate surface area is 125 Å². The highest BCUT2D eigenvalue weighted by molar-refractivity contribution is 9.10. The molecule has 0 aliphatic rings. The van der Waals surface area contributed by atoms with Crippen LogP contribution in [0.15, 0.2) is 34.9 Å². The van der Waals surface area contributed by atoms with Crippen molar-refractivity contribution < 1.29 is 24.0 Å². The number of carboxylic acid groups (broad SMARTS) is 1. The molecule has 0 radical (unpaired) electrons. The fourth-order valence-electron chi connectivity index (χ4n) is 1.50. The average Bonchev–Trinajstić information content (AvgIpc) is 2.42. The van der Waals surface area contributed by atoms with Crippen LogP contribution >= 0.6 is 15.9 Å². The Balaban J connectivity index is 2.51. The molecule has 0 atom stereocenters. The lowest BCUT2D eigenvalue weighted by Crippen LogP contribution is -2.04. The molecule has 1 heterocycles. The normalized spacial score (nSPS) is 10.2. The summed E-state index contributed by atoms with van der Waals surface area (Å²) in [6.07, 6.45) is 1.03. The second kappa shape index (κ2) is 5.83. The first-order chi connectivity index (χ1) is 9.91. The SMILES string of the molecule is O=C(O)c1ccnc(Oc2c(Br)cccc2[N+](=O)[O-])c1F. The molecule has 0 aliphatic carbocycles. The van der Waals surface area contributed by atoms with Crippen molar-refractivity contribution >= 4 is 27.6 Å². The lowest BCUT2D eigenvalue weighted by Gasteiger charge is -2.08. The van der Waals surface area contributed by atoms with Gasteiger partial charge in [0.15, 0.2) is 5.82 Å². The Hall–Kier alpha value is -2.55. The molecule has 0 spiro atoms. The van der Waals surface area contributed by atoms with Gasteiger partial charge in [-0.15, -0.1) is 0 Å². The Bertz CT molecular complexity index is 738. The second-order valence-electron chi connectivity index (χ2n) is 3.73. The van der Waals surface area contributed by atoms with E-state index >= 15 is 0 Å². The van der Waals surface area contributed by atoms with Crippen molar-refractivity contribution in [2.24, 2.45) is 0 Å². The number of hydrogen-bond donors (Lipinski definition) is 1. The smallest absolute Gasteiger partial charge is 0.338 e. The monoisotopic (exact) mass is 356 g/mol. The fraction of sp³-hybridized carbons (Fsp3) is 0. The van der Waals surface area contributed by atoms with Crippen molar-refractivity contribution in [2.45, 2.75) is 0 Å². The van der Waals surface area contributed by atoms with Crippen LogP contribution in [-0.2, 0) is 0 Å². The van der Waals surface area contributed by atoms with Crippen LogP contribution in [0.25, 0.3) is 0 Å². The highest BCUT2D eigenvalue weighted by atomic mass is 79.9. The minimum atomic E-state index is -1.50. The van der Waals surface area contributed by atoms with E-state index in [1.807, 2.05) is 0 Å². The summed E-state index contributed by atoms with van der Waals surface area (Å²) in [5, 5.41) is 19.7. The van der Waals surface area contributed by atoms with E-state index < -0.39 is 33.8 Å². The second-order valence-corrected chi connectivity index (χ2v) is 4.58. The van der Waals surface area contributed by atoms with Crippen molar-refractivity contribution in [3.05, 3.63) is 56.4 Å². The molecule has 0 aliphatic heterocycles. The number of ether oxygens (including phenoxy) is 1. The first kappa shape index (κ1) is 14.9. The summed E-state index contributed by atoms with van der Waals surface area (Å²) in [6, 6.07) is 4.99. The molecule has 1 aromatic heterocycles. The van der Waals surface area contributed by atoms with E-state index in [0.29, 0.717) is 0 Å². The van der Waals surface area contributed by atoms with Crippen molar-refractivity contribution in [1.29, 1.82) is 0 Å². The molecule has 2 aromatic rings. The minimum absolute atomic E-state index is 0.207. The topological polar surface area (TPSA) is 103 Å². The van der Waals surface area contributed by atoms with Gasteiger partial charge in [0.05, 0.1) is 9.40 Å². The lowest BCUT2D eigenvalue weighted by molar-refractivity contribution is -0.385. The number of pyridine rings is 1. The maximum absolute atomic E-state index is 13.9. The highest BCUT2D eigenvalue weighted by Gasteiger charge is 2.23. The van der Waals surface area contributed by atoms with Gasteiger partial charge in [-0.25, -0.2) is 14.2 Å². The summed E-state index contributed by atoms with van der Waals surface area (Å²) >= 11 is 3.05. The van der Waals surface area contributed by atoms with E-state index in [0.717, 1.165) is 12.3 Å². The Morgan fingerprint density at radius 3 is 2.76 bits per heavy atom. The molecule has 1 aromatic carbocycles. The Kier molecular flexibility index (Phi) is 4.13. The third-order valence-electron chi connectivity index (χ3n) is 2.43. The van der Waals surface area contributed by atoms with Crippen molar-refractivity contribution in [1.82, 2.24) is 4.98 Å². The van der Waals surface area contributed by atoms with Gasteiger partial charge in [-0.3, -0.25) is 10.1 Å². The van der Waals surface area contributed by atoms with Gasteiger partial charge in [0.1, 0.15) is 5.56 Å². The third-order valence-corrected chi connectivity index (χ3v) is 3.05. The van der Waals surface area contributed by atoms with E-state index in [9.17, 15) is 19.3 Å². The van der Waals surface area contributed by atoms with Crippen molar-refractivity contribution in [3.63, 3.8) is 0 Å². The summed E-state index contributed by atoms with van der Waals surface area (Å²) in [6.45, 7) is 0. The number of para-hydroxylation sites is 1. The van der Waals surface area contributed by atoms with Crippen molar-refractivity contribution in [2.75, 3.05) is 0 Å². The van der Waals surface area contributed by atoms with E-state index in [-0.39, 0.29) is 10.2 Å².